The average molecular weight is 185 g/mol. The molecule has 0 amide bonds. The molecule has 1 heteroatoms. The third kappa shape index (κ3) is 0.868. The van der Waals surface area contributed by atoms with Crippen LogP contribution in [-0.2, 0) is 0 Å². The molecule has 30 valence electrons. The summed E-state index contributed by atoms with van der Waals surface area (Å²) in [6.07, 6.45) is 7.74. The molecule has 0 aromatic carbocycles. The number of hydrogen-bond acceptors (Lipinski definition) is 0. The van der Waals surface area contributed by atoms with Gasteiger partial charge in [0.05, 0.1) is 0 Å². The molecule has 1 aliphatic rings. The maximum absolute atomic E-state index is 2.20. The summed E-state index contributed by atoms with van der Waals surface area (Å²) in [6, 6.07) is 0. The molecular weight excluding hydrogens is 179 g/mol. The topological polar surface area (TPSA) is 0 Å². The monoisotopic (exact) mass is 186 g/mol. The SMILES string of the molecule is [SnH][C]1=CC=CC1. The summed E-state index contributed by atoms with van der Waals surface area (Å²) >= 11 is 1.31. The Kier molecular flexibility index (Phi) is 1.35. The van der Waals surface area contributed by atoms with Crippen molar-refractivity contribution in [1.82, 2.24) is 0 Å². The van der Waals surface area contributed by atoms with Gasteiger partial charge in [0.2, 0.25) is 0 Å². The number of hydrogen-bond donors (Lipinski definition) is 0. The van der Waals surface area contributed by atoms with Crippen LogP contribution in [0.15, 0.2) is 21.8 Å². The molecule has 6 heavy (non-hydrogen) atoms. The third-order valence-electron chi connectivity index (χ3n) is 0.800. The molecule has 0 heterocycles. The van der Waals surface area contributed by atoms with Crippen molar-refractivity contribution >= 4 is 22.5 Å². The Bertz CT molecular complexity index is 101. The summed E-state index contributed by atoms with van der Waals surface area (Å²) in [5, 5.41) is 0. The third-order valence-corrected chi connectivity index (χ3v) is 2.02. The first kappa shape index (κ1) is 4.44. The van der Waals surface area contributed by atoms with Crippen LogP contribution < -0.4 is 0 Å². The van der Waals surface area contributed by atoms with E-state index in [2.05, 4.69) is 18.2 Å². The Labute approximate surface area is 51.0 Å². The minimum atomic E-state index is 1.22. The van der Waals surface area contributed by atoms with Crippen molar-refractivity contribution in [3.63, 3.8) is 0 Å². The van der Waals surface area contributed by atoms with Crippen LogP contribution in [0.25, 0.3) is 0 Å². The van der Waals surface area contributed by atoms with Gasteiger partial charge in [0, 0.05) is 0 Å². The fourth-order valence-corrected chi connectivity index (χ4v) is 1.17. The van der Waals surface area contributed by atoms with E-state index in [1.54, 1.807) is 3.59 Å². The molecule has 0 spiro atoms. The Morgan fingerprint density at radius 2 is 2.50 bits per heavy atom. The zero-order valence-corrected chi connectivity index (χ0v) is 6.81. The van der Waals surface area contributed by atoms with Crippen molar-refractivity contribution in [2.24, 2.45) is 0 Å². The molecule has 0 unspecified atom stereocenters. The zero-order valence-electron chi connectivity index (χ0n) is 3.52. The summed E-state index contributed by atoms with van der Waals surface area (Å²) in [5.74, 6) is 0. The fourth-order valence-electron chi connectivity index (χ4n) is 0.464. The fraction of sp³-hybridized carbons (Fsp3) is 0.200. The van der Waals surface area contributed by atoms with Gasteiger partial charge in [-0.25, -0.2) is 0 Å². The minimum absolute atomic E-state index is 1.22. The Morgan fingerprint density at radius 3 is 2.67 bits per heavy atom. The molecule has 0 bridgehead atoms. The second-order valence-electron chi connectivity index (χ2n) is 1.37. The molecule has 0 saturated carbocycles. The molecule has 0 fully saturated rings. The first-order valence-electron chi connectivity index (χ1n) is 2.01. The first-order chi connectivity index (χ1) is 2.89. The Morgan fingerprint density at radius 1 is 1.67 bits per heavy atom. The van der Waals surface area contributed by atoms with Crippen molar-refractivity contribution in [1.29, 1.82) is 0 Å². The molecule has 2 radical (unpaired) electrons. The standard InChI is InChI=1S/C5H5.Sn.H/c1-2-4-5-3-1;;/h1-3H,4H2;;. The van der Waals surface area contributed by atoms with Gasteiger partial charge in [0.1, 0.15) is 0 Å². The average Bonchev–Trinajstić information content (AvgIpc) is 1.86. The van der Waals surface area contributed by atoms with Crippen LogP contribution in [0.3, 0.4) is 0 Å². The summed E-state index contributed by atoms with van der Waals surface area (Å²) < 4.78 is 1.60. The van der Waals surface area contributed by atoms with Crippen molar-refractivity contribution in [3.05, 3.63) is 21.8 Å². The van der Waals surface area contributed by atoms with E-state index < -0.39 is 0 Å². The van der Waals surface area contributed by atoms with Crippen LogP contribution in [0.1, 0.15) is 6.42 Å². The first-order valence-corrected chi connectivity index (χ1v) is 3.65. The van der Waals surface area contributed by atoms with Gasteiger partial charge in [-0.15, -0.1) is 0 Å². The van der Waals surface area contributed by atoms with E-state index >= 15 is 0 Å². The molecule has 0 atom stereocenters. The number of allylic oxidation sites excluding steroid dienone is 4. The summed E-state index contributed by atoms with van der Waals surface area (Å²) in [7, 11) is 0. The molecule has 0 saturated heterocycles. The Hall–Kier alpha value is 0.279. The van der Waals surface area contributed by atoms with Gasteiger partial charge in [0.15, 0.2) is 0 Å². The molecule has 0 aromatic heterocycles. The van der Waals surface area contributed by atoms with Crippen LogP contribution in [0.2, 0.25) is 0 Å². The predicted molar refractivity (Wildman–Crippen MR) is 29.0 cm³/mol. The van der Waals surface area contributed by atoms with E-state index in [-0.39, 0.29) is 0 Å². The normalized spacial score (nSPS) is 18.5. The van der Waals surface area contributed by atoms with Crippen LogP contribution in [0.4, 0.5) is 0 Å². The van der Waals surface area contributed by atoms with Crippen molar-refractivity contribution in [2.45, 2.75) is 6.42 Å². The quantitative estimate of drug-likeness (QED) is 0.488. The van der Waals surface area contributed by atoms with Gasteiger partial charge in [-0.1, -0.05) is 0 Å². The van der Waals surface area contributed by atoms with E-state index in [0.717, 1.165) is 0 Å². The zero-order chi connectivity index (χ0) is 4.41. The van der Waals surface area contributed by atoms with Gasteiger partial charge in [-0.2, -0.15) is 0 Å². The molecular formula is C5H6Sn. The second kappa shape index (κ2) is 1.82. The van der Waals surface area contributed by atoms with E-state index in [1.807, 2.05) is 0 Å². The van der Waals surface area contributed by atoms with Crippen molar-refractivity contribution in [3.8, 4) is 0 Å². The Balaban J connectivity index is 2.61. The maximum atomic E-state index is 2.20. The molecule has 1 aliphatic carbocycles. The van der Waals surface area contributed by atoms with Crippen molar-refractivity contribution < 1.29 is 0 Å². The van der Waals surface area contributed by atoms with E-state index in [9.17, 15) is 0 Å². The molecule has 0 aromatic rings. The van der Waals surface area contributed by atoms with Crippen LogP contribution in [0.5, 0.6) is 0 Å². The van der Waals surface area contributed by atoms with Gasteiger partial charge < -0.3 is 0 Å². The van der Waals surface area contributed by atoms with E-state index in [0.29, 0.717) is 0 Å². The van der Waals surface area contributed by atoms with Crippen LogP contribution in [0, 0.1) is 0 Å². The summed E-state index contributed by atoms with van der Waals surface area (Å²) in [6.45, 7) is 0. The van der Waals surface area contributed by atoms with Crippen LogP contribution in [-0.4, -0.2) is 22.5 Å². The van der Waals surface area contributed by atoms with Crippen LogP contribution >= 0.6 is 0 Å². The van der Waals surface area contributed by atoms with Gasteiger partial charge in [0.25, 0.3) is 0 Å². The van der Waals surface area contributed by atoms with Crippen molar-refractivity contribution in [2.75, 3.05) is 0 Å². The number of rotatable bonds is 0. The van der Waals surface area contributed by atoms with Gasteiger partial charge >= 0.3 is 50.8 Å². The molecule has 0 nitrogen and oxygen atoms in total. The molecule has 0 aliphatic heterocycles. The summed E-state index contributed by atoms with van der Waals surface area (Å²) in [4.78, 5) is 0. The summed E-state index contributed by atoms with van der Waals surface area (Å²) in [5.41, 5.74) is 0. The van der Waals surface area contributed by atoms with Gasteiger partial charge in [-0.3, -0.25) is 0 Å². The van der Waals surface area contributed by atoms with Gasteiger partial charge in [-0.05, 0) is 0 Å². The van der Waals surface area contributed by atoms with E-state index in [4.69, 9.17) is 0 Å². The second-order valence-corrected chi connectivity index (χ2v) is 3.49. The van der Waals surface area contributed by atoms with E-state index in [1.165, 1.54) is 28.9 Å². The predicted octanol–water partition coefficient (Wildman–Crippen LogP) is 0.731. The molecule has 0 N–H and O–H groups in total. The molecule has 1 rings (SSSR count).